The minimum absolute atomic E-state index is 0.190. The highest BCUT2D eigenvalue weighted by molar-refractivity contribution is 5.98. The fraction of sp³-hybridized carbons (Fsp3) is 0.0526. The molecule has 1 atom stereocenters. The number of aromatic nitrogens is 6. The van der Waals surface area contributed by atoms with Crippen molar-refractivity contribution >= 4 is 5.84 Å². The molecule has 3 N–H and O–H groups in total. The molecule has 9 nitrogen and oxygen atoms in total. The number of hydrogen-bond donors (Lipinski definition) is 3. The summed E-state index contributed by atoms with van der Waals surface area (Å²) in [5.41, 5.74) is 9.73. The lowest BCUT2D eigenvalue weighted by atomic mass is 10.2. The molecule has 0 spiro atoms. The number of rotatable bonds is 4. The van der Waals surface area contributed by atoms with Crippen LogP contribution in [0.25, 0.3) is 22.8 Å². The molecule has 1 aliphatic heterocycles. The number of amidine groups is 1. The van der Waals surface area contributed by atoms with Gasteiger partial charge in [-0.15, -0.1) is 0 Å². The molecule has 5 rings (SSSR count). The summed E-state index contributed by atoms with van der Waals surface area (Å²) in [6, 6.07) is 11.4. The Morgan fingerprint density at radius 2 is 1.57 bits per heavy atom. The first-order valence-corrected chi connectivity index (χ1v) is 8.66. The van der Waals surface area contributed by atoms with Gasteiger partial charge in [-0.1, -0.05) is 0 Å². The zero-order valence-electron chi connectivity index (χ0n) is 14.6. The molecule has 0 radical (unpaired) electrons. The summed E-state index contributed by atoms with van der Waals surface area (Å²) in [6.45, 7) is 0. The van der Waals surface area contributed by atoms with Gasteiger partial charge in [-0.3, -0.25) is 20.1 Å². The van der Waals surface area contributed by atoms with Crippen molar-refractivity contribution in [2.24, 2.45) is 4.99 Å². The van der Waals surface area contributed by atoms with Crippen LogP contribution in [0.5, 0.6) is 0 Å². The van der Waals surface area contributed by atoms with Crippen LogP contribution in [0.4, 0.5) is 0 Å². The van der Waals surface area contributed by atoms with Crippen LogP contribution >= 0.6 is 0 Å². The van der Waals surface area contributed by atoms with Crippen LogP contribution in [0.3, 0.4) is 0 Å². The molecule has 5 heterocycles. The predicted molar refractivity (Wildman–Crippen MR) is 103 cm³/mol. The highest BCUT2D eigenvalue weighted by Crippen LogP contribution is 2.21. The quantitative estimate of drug-likeness (QED) is 0.503. The molecule has 0 bridgehead atoms. The van der Waals surface area contributed by atoms with E-state index in [0.717, 1.165) is 16.7 Å². The zero-order chi connectivity index (χ0) is 18.8. The van der Waals surface area contributed by atoms with E-state index in [1.54, 1.807) is 31.0 Å². The first-order valence-electron chi connectivity index (χ1n) is 8.66. The molecule has 0 fully saturated rings. The lowest BCUT2D eigenvalue weighted by Crippen LogP contribution is -2.32. The lowest BCUT2D eigenvalue weighted by Gasteiger charge is -2.05. The minimum atomic E-state index is -0.190. The van der Waals surface area contributed by atoms with Crippen molar-refractivity contribution in [1.29, 1.82) is 0 Å². The number of hydrazine groups is 1. The van der Waals surface area contributed by atoms with Crippen LogP contribution in [-0.2, 0) is 0 Å². The second kappa shape index (κ2) is 6.97. The van der Waals surface area contributed by atoms with Gasteiger partial charge in [0, 0.05) is 42.1 Å². The van der Waals surface area contributed by atoms with Gasteiger partial charge in [0.2, 0.25) is 0 Å². The third-order valence-corrected chi connectivity index (χ3v) is 4.31. The fourth-order valence-electron chi connectivity index (χ4n) is 2.89. The van der Waals surface area contributed by atoms with Crippen molar-refractivity contribution in [3.05, 3.63) is 78.6 Å². The maximum absolute atomic E-state index is 4.66. The number of hydrogen-bond acceptors (Lipinski definition) is 8. The van der Waals surface area contributed by atoms with Gasteiger partial charge in [-0.05, 0) is 42.0 Å². The van der Waals surface area contributed by atoms with Crippen molar-refractivity contribution < 1.29 is 0 Å². The normalized spacial score (nSPS) is 15.9. The molecule has 0 aromatic carbocycles. The summed E-state index contributed by atoms with van der Waals surface area (Å²) >= 11 is 0. The molecule has 0 aliphatic carbocycles. The largest absolute Gasteiger partial charge is 0.302 e. The molecule has 1 unspecified atom stereocenters. The van der Waals surface area contributed by atoms with E-state index in [1.807, 2.05) is 36.4 Å². The Morgan fingerprint density at radius 1 is 0.821 bits per heavy atom. The van der Waals surface area contributed by atoms with Gasteiger partial charge in [-0.2, -0.15) is 5.10 Å². The first kappa shape index (κ1) is 16.2. The molecular weight excluding hydrogens is 354 g/mol. The zero-order valence-corrected chi connectivity index (χ0v) is 14.6. The summed E-state index contributed by atoms with van der Waals surface area (Å²) in [7, 11) is 0. The number of aliphatic imine (C=N–C) groups is 1. The van der Waals surface area contributed by atoms with Crippen LogP contribution in [0.1, 0.15) is 17.4 Å². The smallest absolute Gasteiger partial charge is 0.181 e. The summed E-state index contributed by atoms with van der Waals surface area (Å²) in [5.74, 6) is 1.94. The first-order chi connectivity index (χ1) is 13.9. The van der Waals surface area contributed by atoms with E-state index in [2.05, 4.69) is 46.0 Å². The Kier molecular flexibility index (Phi) is 4.04. The third kappa shape index (κ3) is 3.10. The van der Waals surface area contributed by atoms with Gasteiger partial charge in [-0.25, -0.2) is 15.4 Å². The topological polar surface area (TPSA) is 117 Å². The number of aromatic amines is 1. The number of pyridine rings is 3. The summed E-state index contributed by atoms with van der Waals surface area (Å²) < 4.78 is 0. The lowest BCUT2D eigenvalue weighted by molar-refractivity contribution is 0.574. The van der Waals surface area contributed by atoms with Gasteiger partial charge >= 0.3 is 0 Å². The second-order valence-electron chi connectivity index (χ2n) is 6.10. The molecule has 0 saturated carbocycles. The molecule has 0 saturated heterocycles. The highest BCUT2D eigenvalue weighted by Gasteiger charge is 2.20. The SMILES string of the molecule is c1cc(-c2nc(-c3ccnc(C4=NC(c5ccncc5)NN4)c3)n[nH]2)ccn1. The molecule has 1 aliphatic rings. The summed E-state index contributed by atoms with van der Waals surface area (Å²) in [5, 5.41) is 7.29. The van der Waals surface area contributed by atoms with Crippen LogP contribution in [-0.4, -0.2) is 36.0 Å². The van der Waals surface area contributed by atoms with Crippen LogP contribution in [0, 0.1) is 0 Å². The third-order valence-electron chi connectivity index (χ3n) is 4.31. The Morgan fingerprint density at radius 3 is 2.39 bits per heavy atom. The Hall–Kier alpha value is -3.98. The van der Waals surface area contributed by atoms with Gasteiger partial charge in [0.05, 0.1) is 0 Å². The maximum Gasteiger partial charge on any atom is 0.181 e. The van der Waals surface area contributed by atoms with E-state index in [9.17, 15) is 0 Å². The Balaban J connectivity index is 1.42. The molecule has 9 heteroatoms. The molecule has 136 valence electrons. The number of H-pyrrole nitrogens is 1. The van der Waals surface area contributed by atoms with Crippen LogP contribution in [0.2, 0.25) is 0 Å². The average Bonchev–Trinajstić information content (AvgIpc) is 3.46. The standard InChI is InChI=1S/C19H15N9/c1-6-20-7-2-12(1)16-23-18(27-25-16)14-5-10-22-15(11-14)19-24-17(26-28-19)13-3-8-21-9-4-13/h1-11,17,26H,(H,24,28)(H,23,25,27). The van der Waals surface area contributed by atoms with Crippen molar-refractivity contribution in [3.63, 3.8) is 0 Å². The monoisotopic (exact) mass is 369 g/mol. The number of nitrogens with one attached hydrogen (secondary N) is 3. The van der Waals surface area contributed by atoms with E-state index in [-0.39, 0.29) is 6.17 Å². The van der Waals surface area contributed by atoms with E-state index in [1.165, 1.54) is 0 Å². The van der Waals surface area contributed by atoms with Gasteiger partial charge in [0.15, 0.2) is 17.5 Å². The van der Waals surface area contributed by atoms with Gasteiger partial charge in [0.1, 0.15) is 11.9 Å². The van der Waals surface area contributed by atoms with Crippen molar-refractivity contribution in [3.8, 4) is 22.8 Å². The van der Waals surface area contributed by atoms with Crippen molar-refractivity contribution in [2.75, 3.05) is 0 Å². The maximum atomic E-state index is 4.66. The molecule has 4 aromatic heterocycles. The second-order valence-corrected chi connectivity index (χ2v) is 6.10. The van der Waals surface area contributed by atoms with Gasteiger partial charge < -0.3 is 5.43 Å². The van der Waals surface area contributed by atoms with Crippen molar-refractivity contribution in [1.82, 2.24) is 41.0 Å². The van der Waals surface area contributed by atoms with Crippen LogP contribution < -0.4 is 10.9 Å². The fourth-order valence-corrected chi connectivity index (χ4v) is 2.89. The molecule has 0 amide bonds. The van der Waals surface area contributed by atoms with Gasteiger partial charge in [0.25, 0.3) is 0 Å². The van der Waals surface area contributed by atoms with E-state index >= 15 is 0 Å². The molecule has 4 aromatic rings. The predicted octanol–water partition coefficient (Wildman–Crippen LogP) is 1.88. The number of nitrogens with zero attached hydrogens (tertiary/aromatic N) is 6. The molecular formula is C19H15N9. The van der Waals surface area contributed by atoms with Crippen molar-refractivity contribution in [2.45, 2.75) is 6.17 Å². The van der Waals surface area contributed by atoms with Crippen LogP contribution in [0.15, 0.2) is 72.4 Å². The summed E-state index contributed by atoms with van der Waals surface area (Å²) in [6.07, 6.45) is 8.46. The Labute approximate surface area is 160 Å². The van der Waals surface area contributed by atoms with E-state index < -0.39 is 0 Å². The highest BCUT2D eigenvalue weighted by atomic mass is 15.5. The minimum Gasteiger partial charge on any atom is -0.302 e. The van der Waals surface area contributed by atoms with E-state index in [0.29, 0.717) is 23.2 Å². The van der Waals surface area contributed by atoms with E-state index in [4.69, 9.17) is 0 Å². The average molecular weight is 369 g/mol. The molecule has 28 heavy (non-hydrogen) atoms. The Bertz CT molecular complexity index is 1120. The summed E-state index contributed by atoms with van der Waals surface area (Å²) in [4.78, 5) is 21.7.